The molecule has 1 aromatic rings. The lowest BCUT2D eigenvalue weighted by atomic mass is 9.49. The highest BCUT2D eigenvalue weighted by Crippen LogP contribution is 2.60. The van der Waals surface area contributed by atoms with E-state index >= 15 is 0 Å². The Morgan fingerprint density at radius 1 is 0.889 bits per heavy atom. The number of benzene rings is 1. The molecule has 27 heavy (non-hydrogen) atoms. The maximum atomic E-state index is 13.3. The highest BCUT2D eigenvalue weighted by atomic mass is 16.6. The molecule has 0 unspecified atom stereocenters. The summed E-state index contributed by atoms with van der Waals surface area (Å²) in [4.78, 5) is 25.1. The molecule has 4 aliphatic carbocycles. The van der Waals surface area contributed by atoms with Crippen molar-refractivity contribution < 1.29 is 28.5 Å². The van der Waals surface area contributed by atoms with E-state index in [-0.39, 0.29) is 34.2 Å². The van der Waals surface area contributed by atoms with Crippen LogP contribution in [0, 0.1) is 23.2 Å². The first kappa shape index (κ1) is 18.1. The van der Waals surface area contributed by atoms with Crippen LogP contribution in [0.1, 0.15) is 48.9 Å². The summed E-state index contributed by atoms with van der Waals surface area (Å²) in [5, 5.41) is 0. The molecular formula is C21H26O6. The molecule has 1 aromatic carbocycles. The number of methoxy groups -OCH3 is 3. The molecule has 0 radical (unpaired) electrons. The highest BCUT2D eigenvalue weighted by Gasteiger charge is 2.55. The van der Waals surface area contributed by atoms with Gasteiger partial charge in [-0.25, -0.2) is 4.79 Å². The van der Waals surface area contributed by atoms with Crippen molar-refractivity contribution in [3.05, 3.63) is 17.7 Å². The third-order valence-electron chi connectivity index (χ3n) is 6.55. The molecule has 0 amide bonds. The van der Waals surface area contributed by atoms with Crippen LogP contribution in [0.4, 0.5) is 0 Å². The zero-order valence-electron chi connectivity index (χ0n) is 16.1. The molecule has 0 heterocycles. The normalized spacial score (nSPS) is 30.7. The van der Waals surface area contributed by atoms with Gasteiger partial charge >= 0.3 is 11.9 Å². The second-order valence-electron chi connectivity index (χ2n) is 8.29. The van der Waals surface area contributed by atoms with Crippen molar-refractivity contribution >= 4 is 11.9 Å². The Labute approximate surface area is 159 Å². The molecule has 6 nitrogen and oxygen atoms in total. The maximum Gasteiger partial charge on any atom is 0.338 e. The minimum Gasteiger partial charge on any atom is -0.493 e. The third-order valence-corrected chi connectivity index (χ3v) is 6.55. The van der Waals surface area contributed by atoms with Crippen LogP contribution in [-0.4, -0.2) is 33.3 Å². The van der Waals surface area contributed by atoms with Gasteiger partial charge in [0.1, 0.15) is 0 Å². The molecule has 0 atom stereocenters. The van der Waals surface area contributed by atoms with Crippen LogP contribution in [-0.2, 0) is 9.53 Å². The molecule has 0 aliphatic heterocycles. The highest BCUT2D eigenvalue weighted by molar-refractivity contribution is 5.91. The Hall–Kier alpha value is -2.24. The van der Waals surface area contributed by atoms with Gasteiger partial charge in [-0.2, -0.15) is 0 Å². The van der Waals surface area contributed by atoms with E-state index in [1.54, 1.807) is 0 Å². The first-order valence-corrected chi connectivity index (χ1v) is 9.54. The summed E-state index contributed by atoms with van der Waals surface area (Å²) in [6, 6.07) is 3.02. The number of carbonyl (C=O) groups excluding carboxylic acids is 2. The van der Waals surface area contributed by atoms with Gasteiger partial charge in [-0.3, -0.25) is 4.79 Å². The molecule has 4 fully saturated rings. The Morgan fingerprint density at radius 2 is 1.37 bits per heavy atom. The van der Waals surface area contributed by atoms with E-state index in [1.165, 1.54) is 52.7 Å². The molecule has 0 aromatic heterocycles. The third kappa shape index (κ3) is 3.05. The summed E-state index contributed by atoms with van der Waals surface area (Å²) in [6.07, 6.45) is 6.53. The van der Waals surface area contributed by atoms with Crippen molar-refractivity contribution in [2.75, 3.05) is 21.3 Å². The van der Waals surface area contributed by atoms with E-state index in [0.717, 1.165) is 19.3 Å². The van der Waals surface area contributed by atoms with Gasteiger partial charge in [0.2, 0.25) is 5.75 Å². The van der Waals surface area contributed by atoms with Gasteiger partial charge in [0, 0.05) is 0 Å². The molecule has 0 N–H and O–H groups in total. The molecule has 0 spiro atoms. The van der Waals surface area contributed by atoms with Crippen LogP contribution in [0.3, 0.4) is 0 Å². The predicted molar refractivity (Wildman–Crippen MR) is 97.1 cm³/mol. The number of hydrogen-bond donors (Lipinski definition) is 0. The monoisotopic (exact) mass is 374 g/mol. The van der Waals surface area contributed by atoms with Crippen LogP contribution in [0.25, 0.3) is 0 Å². The van der Waals surface area contributed by atoms with E-state index in [4.69, 9.17) is 18.9 Å². The minimum atomic E-state index is -0.509. The number of carbonyl (C=O) groups is 2. The van der Waals surface area contributed by atoms with E-state index in [2.05, 4.69) is 0 Å². The van der Waals surface area contributed by atoms with E-state index in [1.807, 2.05) is 0 Å². The van der Waals surface area contributed by atoms with Crippen molar-refractivity contribution in [1.29, 1.82) is 0 Å². The van der Waals surface area contributed by atoms with Crippen molar-refractivity contribution in [1.82, 2.24) is 0 Å². The molecule has 6 heteroatoms. The smallest absolute Gasteiger partial charge is 0.338 e. The van der Waals surface area contributed by atoms with Gasteiger partial charge < -0.3 is 18.9 Å². The topological polar surface area (TPSA) is 71.1 Å². The fraction of sp³-hybridized carbons (Fsp3) is 0.619. The SMILES string of the molecule is COC(=O)c1cc(OC)c(OC(=O)C23CC4CC(CC(C4)C2)C3)c(OC)c1. The fourth-order valence-corrected chi connectivity index (χ4v) is 5.78. The molecule has 0 saturated heterocycles. The summed E-state index contributed by atoms with van der Waals surface area (Å²) in [5.74, 6) is 2.04. The molecule has 146 valence electrons. The van der Waals surface area contributed by atoms with Crippen LogP contribution in [0.2, 0.25) is 0 Å². The number of esters is 2. The molecule has 4 saturated carbocycles. The van der Waals surface area contributed by atoms with Gasteiger partial charge in [-0.05, 0) is 68.4 Å². The van der Waals surface area contributed by atoms with Crippen LogP contribution in [0.15, 0.2) is 12.1 Å². The number of hydrogen-bond acceptors (Lipinski definition) is 6. The zero-order chi connectivity index (χ0) is 19.2. The molecule has 5 rings (SSSR count). The summed E-state index contributed by atoms with van der Waals surface area (Å²) in [5.41, 5.74) is -0.105. The lowest BCUT2D eigenvalue weighted by Gasteiger charge is -2.55. The first-order valence-electron chi connectivity index (χ1n) is 9.54. The quantitative estimate of drug-likeness (QED) is 0.579. The van der Waals surface area contributed by atoms with Crippen molar-refractivity contribution in [3.8, 4) is 17.2 Å². The van der Waals surface area contributed by atoms with E-state index < -0.39 is 5.97 Å². The first-order chi connectivity index (χ1) is 13.0. The summed E-state index contributed by atoms with van der Waals surface area (Å²) >= 11 is 0. The van der Waals surface area contributed by atoms with Crippen LogP contribution >= 0.6 is 0 Å². The maximum absolute atomic E-state index is 13.3. The minimum absolute atomic E-state index is 0.191. The zero-order valence-corrected chi connectivity index (χ0v) is 16.1. The average Bonchev–Trinajstić information content (AvgIpc) is 2.66. The second kappa shape index (κ2) is 6.73. The van der Waals surface area contributed by atoms with Gasteiger partial charge in [0.25, 0.3) is 0 Å². The fourth-order valence-electron chi connectivity index (χ4n) is 5.78. The van der Waals surface area contributed by atoms with Crippen LogP contribution < -0.4 is 14.2 Å². The number of ether oxygens (including phenoxy) is 4. The van der Waals surface area contributed by atoms with Gasteiger partial charge in [-0.1, -0.05) is 0 Å². The predicted octanol–water partition coefficient (Wildman–Crippen LogP) is 3.61. The summed E-state index contributed by atoms with van der Waals surface area (Å²) < 4.78 is 21.4. The van der Waals surface area contributed by atoms with Crippen molar-refractivity contribution in [3.63, 3.8) is 0 Å². The Morgan fingerprint density at radius 3 is 1.78 bits per heavy atom. The Balaban J connectivity index is 1.64. The lowest BCUT2D eigenvalue weighted by Crippen LogP contribution is -2.51. The van der Waals surface area contributed by atoms with Gasteiger partial charge in [-0.15, -0.1) is 0 Å². The van der Waals surface area contributed by atoms with Gasteiger partial charge in [0.15, 0.2) is 11.5 Å². The molecule has 4 aliphatic rings. The summed E-state index contributed by atoms with van der Waals surface area (Å²) in [6.45, 7) is 0. The second-order valence-corrected chi connectivity index (χ2v) is 8.29. The molecule has 4 bridgehead atoms. The largest absolute Gasteiger partial charge is 0.493 e. The van der Waals surface area contributed by atoms with E-state index in [9.17, 15) is 9.59 Å². The Bertz CT molecular complexity index is 708. The van der Waals surface area contributed by atoms with Crippen molar-refractivity contribution in [2.45, 2.75) is 38.5 Å². The van der Waals surface area contributed by atoms with Crippen LogP contribution in [0.5, 0.6) is 17.2 Å². The number of rotatable bonds is 5. The van der Waals surface area contributed by atoms with Gasteiger partial charge in [0.05, 0.1) is 32.3 Å². The van der Waals surface area contributed by atoms with Crippen molar-refractivity contribution in [2.24, 2.45) is 23.2 Å². The lowest BCUT2D eigenvalue weighted by molar-refractivity contribution is -0.161. The average molecular weight is 374 g/mol. The molecular weight excluding hydrogens is 348 g/mol. The van der Waals surface area contributed by atoms with E-state index in [0.29, 0.717) is 17.8 Å². The summed E-state index contributed by atoms with van der Waals surface area (Å²) in [7, 11) is 4.25. The Kier molecular flexibility index (Phi) is 4.52. The standard InChI is InChI=1S/C21H26O6/c1-24-16-7-15(19(22)26-3)8-17(25-2)18(16)27-20(23)21-9-12-4-13(10-21)6-14(5-12)11-21/h7-8,12-14H,4-6,9-11H2,1-3H3.